The van der Waals surface area contributed by atoms with Crippen LogP contribution in [0.3, 0.4) is 0 Å². The number of fused-ring (bicyclic) bond motifs is 1. The molecule has 4 N–H and O–H groups in total. The minimum Gasteiger partial charge on any atom is -0.353 e. The second kappa shape index (κ2) is 9.40. The Hall–Kier alpha value is -2.50. The molecular formula is C22H27F2N7OS. The van der Waals surface area contributed by atoms with E-state index in [1.165, 1.54) is 18.9 Å². The number of nitrogens with zero attached hydrogens (tertiary/aromatic N) is 4. The van der Waals surface area contributed by atoms with Gasteiger partial charge in [0.1, 0.15) is 22.4 Å². The fourth-order valence-electron chi connectivity index (χ4n) is 4.68. The number of halogens is 2. The first kappa shape index (κ1) is 22.3. The molecule has 2 atom stereocenters. The van der Waals surface area contributed by atoms with Crippen LogP contribution in [0.5, 0.6) is 0 Å². The zero-order valence-corrected chi connectivity index (χ0v) is 19.0. The molecule has 2 aromatic rings. The highest BCUT2D eigenvalue weighted by Crippen LogP contribution is 2.34. The normalized spacial score (nSPS) is 23.0. The lowest BCUT2D eigenvalue weighted by Gasteiger charge is -2.26. The molecule has 1 fully saturated rings. The van der Waals surface area contributed by atoms with Crippen molar-refractivity contribution in [1.82, 2.24) is 15.1 Å². The van der Waals surface area contributed by atoms with Crippen LogP contribution in [0.25, 0.3) is 0 Å². The van der Waals surface area contributed by atoms with Crippen molar-refractivity contribution >= 4 is 34.2 Å². The minimum atomic E-state index is -0.954. The molecule has 0 saturated carbocycles. The molecule has 8 nitrogen and oxygen atoms in total. The van der Waals surface area contributed by atoms with Crippen LogP contribution in [-0.4, -0.2) is 58.3 Å². The SMILES string of the molecule is NC1SC(c2c(F)cccc2F)=NC1C(=O)Nc1cnn2c1N(CCC1CCNCC1)CC2. The summed E-state index contributed by atoms with van der Waals surface area (Å²) in [5.74, 6) is -0.272. The molecule has 0 aliphatic carbocycles. The first-order valence-corrected chi connectivity index (χ1v) is 12.2. The Kier molecular flexibility index (Phi) is 6.35. The average Bonchev–Trinajstić information content (AvgIpc) is 3.49. The van der Waals surface area contributed by atoms with Crippen LogP contribution in [-0.2, 0) is 11.3 Å². The first-order chi connectivity index (χ1) is 16.0. The molecule has 4 heterocycles. The van der Waals surface area contributed by atoms with Gasteiger partial charge in [-0.2, -0.15) is 5.10 Å². The van der Waals surface area contributed by atoms with Gasteiger partial charge in [-0.05, 0) is 50.4 Å². The number of anilines is 2. The lowest BCUT2D eigenvalue weighted by Crippen LogP contribution is -2.38. The quantitative estimate of drug-likeness (QED) is 0.592. The third kappa shape index (κ3) is 4.49. The maximum Gasteiger partial charge on any atom is 0.251 e. The Morgan fingerprint density at radius 3 is 2.76 bits per heavy atom. The molecule has 1 aromatic heterocycles. The van der Waals surface area contributed by atoms with E-state index in [0.29, 0.717) is 11.6 Å². The number of nitrogens with two attached hydrogens (primary N) is 1. The highest BCUT2D eigenvalue weighted by Gasteiger charge is 2.36. The number of thioether (sulfide) groups is 1. The van der Waals surface area contributed by atoms with Gasteiger partial charge in [0.05, 0.1) is 23.7 Å². The number of aliphatic imine (C=N–C) groups is 1. The van der Waals surface area contributed by atoms with Gasteiger partial charge >= 0.3 is 0 Å². The van der Waals surface area contributed by atoms with Crippen LogP contribution < -0.4 is 21.3 Å². The van der Waals surface area contributed by atoms with Crippen molar-refractivity contribution in [3.05, 3.63) is 41.6 Å². The molecule has 2 unspecified atom stereocenters. The van der Waals surface area contributed by atoms with E-state index in [-0.39, 0.29) is 10.6 Å². The molecule has 0 radical (unpaired) electrons. The van der Waals surface area contributed by atoms with Crippen LogP contribution in [0.4, 0.5) is 20.3 Å². The summed E-state index contributed by atoms with van der Waals surface area (Å²) in [6, 6.07) is 2.66. The van der Waals surface area contributed by atoms with E-state index in [1.54, 1.807) is 6.20 Å². The molecule has 3 aliphatic heterocycles. The van der Waals surface area contributed by atoms with Crippen molar-refractivity contribution in [2.75, 3.05) is 36.4 Å². The smallest absolute Gasteiger partial charge is 0.251 e. The van der Waals surface area contributed by atoms with Gasteiger partial charge in [0, 0.05) is 13.1 Å². The molecule has 0 bridgehead atoms. The molecule has 3 aliphatic rings. The van der Waals surface area contributed by atoms with Crippen molar-refractivity contribution in [1.29, 1.82) is 0 Å². The van der Waals surface area contributed by atoms with Crippen molar-refractivity contribution in [3.63, 3.8) is 0 Å². The second-order valence-electron chi connectivity index (χ2n) is 8.62. The summed E-state index contributed by atoms with van der Waals surface area (Å²) in [6.07, 6.45) is 5.12. The minimum absolute atomic E-state index is 0.0992. The number of rotatable bonds is 6. The Labute approximate surface area is 195 Å². The van der Waals surface area contributed by atoms with Gasteiger partial charge in [0.25, 0.3) is 5.91 Å². The number of carbonyl (C=O) groups excluding carboxylic acids is 1. The van der Waals surface area contributed by atoms with E-state index in [0.717, 1.165) is 68.9 Å². The van der Waals surface area contributed by atoms with Crippen molar-refractivity contribution in [3.8, 4) is 0 Å². The summed E-state index contributed by atoms with van der Waals surface area (Å²) in [5.41, 5.74) is 6.48. The predicted molar refractivity (Wildman–Crippen MR) is 126 cm³/mol. The molecule has 5 rings (SSSR count). The largest absolute Gasteiger partial charge is 0.353 e. The van der Waals surface area contributed by atoms with Crippen LogP contribution in [0, 0.1) is 17.6 Å². The van der Waals surface area contributed by atoms with Gasteiger partial charge in [-0.3, -0.25) is 9.79 Å². The van der Waals surface area contributed by atoms with Gasteiger partial charge in [0.15, 0.2) is 11.9 Å². The van der Waals surface area contributed by atoms with E-state index in [2.05, 4.69) is 25.6 Å². The van der Waals surface area contributed by atoms with Crippen LogP contribution in [0.15, 0.2) is 29.4 Å². The number of carbonyl (C=O) groups is 1. The monoisotopic (exact) mass is 475 g/mol. The van der Waals surface area contributed by atoms with E-state index < -0.39 is 29.0 Å². The summed E-state index contributed by atoms with van der Waals surface area (Å²) >= 11 is 0.997. The molecular weight excluding hydrogens is 448 g/mol. The fourth-order valence-corrected chi connectivity index (χ4v) is 5.73. The van der Waals surface area contributed by atoms with Gasteiger partial charge in [0.2, 0.25) is 0 Å². The van der Waals surface area contributed by atoms with Crippen LogP contribution in [0.1, 0.15) is 24.8 Å². The van der Waals surface area contributed by atoms with Crippen molar-refractivity contribution < 1.29 is 13.6 Å². The van der Waals surface area contributed by atoms with Gasteiger partial charge in [-0.25, -0.2) is 13.5 Å². The molecule has 1 aromatic carbocycles. The van der Waals surface area contributed by atoms with Crippen molar-refractivity contribution in [2.45, 2.75) is 37.2 Å². The number of nitrogens with one attached hydrogen (secondary N) is 2. The second-order valence-corrected chi connectivity index (χ2v) is 9.79. The third-order valence-corrected chi connectivity index (χ3v) is 7.54. The lowest BCUT2D eigenvalue weighted by atomic mass is 9.94. The van der Waals surface area contributed by atoms with E-state index in [1.807, 2.05) is 4.68 Å². The summed E-state index contributed by atoms with van der Waals surface area (Å²) < 4.78 is 30.2. The predicted octanol–water partition coefficient (Wildman–Crippen LogP) is 2.16. The molecule has 1 amide bonds. The number of hydrogen-bond acceptors (Lipinski definition) is 7. The summed E-state index contributed by atoms with van der Waals surface area (Å²) in [6.45, 7) is 4.67. The Morgan fingerprint density at radius 2 is 2.00 bits per heavy atom. The summed E-state index contributed by atoms with van der Waals surface area (Å²) in [4.78, 5) is 19.5. The summed E-state index contributed by atoms with van der Waals surface area (Å²) in [5, 5.41) is 10.1. The number of amides is 1. The van der Waals surface area contributed by atoms with Gasteiger partial charge in [-0.15, -0.1) is 0 Å². The third-order valence-electron chi connectivity index (χ3n) is 6.48. The molecule has 33 heavy (non-hydrogen) atoms. The Morgan fingerprint density at radius 1 is 1.24 bits per heavy atom. The summed E-state index contributed by atoms with van der Waals surface area (Å²) in [7, 11) is 0. The maximum atomic E-state index is 14.2. The van der Waals surface area contributed by atoms with Gasteiger partial charge in [-0.1, -0.05) is 17.8 Å². The van der Waals surface area contributed by atoms with E-state index in [4.69, 9.17) is 5.73 Å². The van der Waals surface area contributed by atoms with Crippen molar-refractivity contribution in [2.24, 2.45) is 16.6 Å². The molecule has 0 spiro atoms. The van der Waals surface area contributed by atoms with Crippen LogP contribution in [0.2, 0.25) is 0 Å². The van der Waals surface area contributed by atoms with Crippen LogP contribution >= 0.6 is 11.8 Å². The number of benzene rings is 1. The first-order valence-electron chi connectivity index (χ1n) is 11.3. The number of aromatic nitrogens is 2. The zero-order chi connectivity index (χ0) is 22.9. The van der Waals surface area contributed by atoms with Gasteiger partial charge < -0.3 is 21.3 Å². The number of piperidine rings is 1. The molecule has 1 saturated heterocycles. The highest BCUT2D eigenvalue weighted by molar-refractivity contribution is 8.15. The highest BCUT2D eigenvalue weighted by atomic mass is 32.2. The Balaban J connectivity index is 1.28. The number of hydrogen-bond donors (Lipinski definition) is 3. The Bertz CT molecular complexity index is 1050. The lowest BCUT2D eigenvalue weighted by molar-refractivity contribution is -0.117. The standard InChI is InChI=1S/C22H27F2N7OS/c23-14-2-1-3-15(24)17(14)21-29-18(19(25)33-21)20(32)28-16-12-27-31-11-10-30(22(16)31)9-6-13-4-7-26-8-5-13/h1-3,12-13,18-19,26H,4-11,25H2,(H,28,32). The molecule has 176 valence electrons. The average molecular weight is 476 g/mol. The molecule has 11 heteroatoms. The maximum absolute atomic E-state index is 14.2. The fraction of sp³-hybridized carbons (Fsp3) is 0.500. The zero-order valence-electron chi connectivity index (χ0n) is 18.1. The van der Waals surface area contributed by atoms with E-state index >= 15 is 0 Å². The topological polar surface area (TPSA) is 101 Å². The van der Waals surface area contributed by atoms with E-state index in [9.17, 15) is 13.6 Å².